The van der Waals surface area contributed by atoms with Crippen LogP contribution in [0.15, 0.2) is 66.7 Å². The molecule has 0 spiro atoms. The van der Waals surface area contributed by atoms with Gasteiger partial charge in [-0.1, -0.05) is 48.0 Å². The highest BCUT2D eigenvalue weighted by Gasteiger charge is 2.17. The van der Waals surface area contributed by atoms with E-state index in [9.17, 15) is 9.59 Å². The summed E-state index contributed by atoms with van der Waals surface area (Å²) in [7, 11) is 0. The van der Waals surface area contributed by atoms with Gasteiger partial charge in [0.15, 0.2) is 6.10 Å². The van der Waals surface area contributed by atoms with Crippen LogP contribution >= 0.6 is 0 Å². The lowest BCUT2D eigenvalue weighted by Gasteiger charge is -2.18. The van der Waals surface area contributed by atoms with Crippen molar-refractivity contribution in [1.82, 2.24) is 5.32 Å². The third-order valence-electron chi connectivity index (χ3n) is 5.02. The Balaban J connectivity index is 1.56. The average Bonchev–Trinajstić information content (AvgIpc) is 2.75. The number of benzene rings is 3. The zero-order valence-corrected chi connectivity index (χ0v) is 18.4. The first kappa shape index (κ1) is 22.1. The van der Waals surface area contributed by atoms with Gasteiger partial charge in [-0.3, -0.25) is 9.59 Å². The van der Waals surface area contributed by atoms with E-state index in [1.807, 2.05) is 63.2 Å². The molecule has 2 N–H and O–H groups in total. The summed E-state index contributed by atoms with van der Waals surface area (Å²) in [6.45, 7) is 8.15. The van der Waals surface area contributed by atoms with Crippen LogP contribution in [0.4, 0.5) is 5.69 Å². The first-order valence-electron chi connectivity index (χ1n) is 10.3. The Morgan fingerprint density at radius 2 is 1.52 bits per heavy atom. The Kier molecular flexibility index (Phi) is 7.08. The molecule has 0 radical (unpaired) electrons. The molecule has 160 valence electrons. The number of carbonyl (C=O) groups excluding carboxylic acids is 2. The zero-order chi connectivity index (χ0) is 22.4. The number of nitrogens with one attached hydrogen (secondary N) is 2. The monoisotopic (exact) mass is 416 g/mol. The second-order valence-electron chi connectivity index (χ2n) is 7.72. The van der Waals surface area contributed by atoms with Crippen molar-refractivity contribution in [2.45, 2.75) is 40.3 Å². The molecule has 0 aliphatic heterocycles. The first-order chi connectivity index (χ1) is 14.8. The molecular weight excluding hydrogens is 388 g/mol. The van der Waals surface area contributed by atoms with Gasteiger partial charge in [0.05, 0.1) is 0 Å². The highest BCUT2D eigenvalue weighted by atomic mass is 16.5. The third kappa shape index (κ3) is 5.95. The number of hydrogen-bond donors (Lipinski definition) is 2. The van der Waals surface area contributed by atoms with Crippen LogP contribution in [0.1, 0.15) is 39.5 Å². The standard InChI is InChI=1S/C26H28N2O3/c1-17-14-18(2)24(19(3)15-17)28-25(29)20(4)31-23-12-10-22(11-13-23)26(30)27-16-21-8-6-5-7-9-21/h5-15,20H,16H2,1-4H3,(H,27,30)(H,28,29)/t20-/m1/s1. The van der Waals surface area contributed by atoms with Gasteiger partial charge >= 0.3 is 0 Å². The summed E-state index contributed by atoms with van der Waals surface area (Å²) < 4.78 is 5.77. The molecule has 0 saturated carbocycles. The lowest BCUT2D eigenvalue weighted by Crippen LogP contribution is -2.30. The van der Waals surface area contributed by atoms with Gasteiger partial charge in [0.1, 0.15) is 5.75 Å². The predicted octanol–water partition coefficient (Wildman–Crippen LogP) is 4.95. The highest BCUT2D eigenvalue weighted by Crippen LogP contribution is 2.22. The van der Waals surface area contributed by atoms with E-state index >= 15 is 0 Å². The average molecular weight is 417 g/mol. The van der Waals surface area contributed by atoms with Crippen LogP contribution in [-0.4, -0.2) is 17.9 Å². The molecule has 0 aliphatic carbocycles. The Labute approximate surface area is 183 Å². The normalized spacial score (nSPS) is 11.5. The largest absolute Gasteiger partial charge is 0.481 e. The lowest BCUT2D eigenvalue weighted by atomic mass is 10.0. The van der Waals surface area contributed by atoms with Gasteiger partial charge in [0.2, 0.25) is 0 Å². The number of carbonyl (C=O) groups is 2. The van der Waals surface area contributed by atoms with Crippen LogP contribution in [0.3, 0.4) is 0 Å². The summed E-state index contributed by atoms with van der Waals surface area (Å²) in [5.74, 6) is 0.144. The molecule has 0 aliphatic rings. The van der Waals surface area contributed by atoms with Gasteiger partial charge in [0.25, 0.3) is 11.8 Å². The van der Waals surface area contributed by atoms with E-state index in [1.165, 1.54) is 0 Å². The van der Waals surface area contributed by atoms with Crippen LogP contribution in [0, 0.1) is 20.8 Å². The van der Waals surface area contributed by atoms with Crippen molar-refractivity contribution < 1.29 is 14.3 Å². The molecule has 5 heteroatoms. The smallest absolute Gasteiger partial charge is 0.265 e. The molecule has 0 unspecified atom stereocenters. The topological polar surface area (TPSA) is 67.4 Å². The molecule has 0 bridgehead atoms. The number of anilines is 1. The fourth-order valence-electron chi connectivity index (χ4n) is 3.42. The van der Waals surface area contributed by atoms with Crippen molar-refractivity contribution in [3.05, 3.63) is 94.5 Å². The first-order valence-corrected chi connectivity index (χ1v) is 10.3. The van der Waals surface area contributed by atoms with E-state index in [0.29, 0.717) is 17.9 Å². The SMILES string of the molecule is Cc1cc(C)c(NC(=O)[C@@H](C)Oc2ccc(C(=O)NCc3ccccc3)cc2)c(C)c1. The van der Waals surface area contributed by atoms with Gasteiger partial charge in [0, 0.05) is 17.8 Å². The molecule has 5 nitrogen and oxygen atoms in total. The molecule has 0 saturated heterocycles. The van der Waals surface area contributed by atoms with Crippen LogP contribution in [0.5, 0.6) is 5.75 Å². The van der Waals surface area contributed by atoms with Crippen molar-refractivity contribution in [3.63, 3.8) is 0 Å². The fraction of sp³-hybridized carbons (Fsp3) is 0.231. The van der Waals surface area contributed by atoms with Crippen molar-refractivity contribution in [2.24, 2.45) is 0 Å². The maximum Gasteiger partial charge on any atom is 0.265 e. The summed E-state index contributed by atoms with van der Waals surface area (Å²) in [4.78, 5) is 24.9. The van der Waals surface area contributed by atoms with Gasteiger partial charge in [-0.25, -0.2) is 0 Å². The van der Waals surface area contributed by atoms with Crippen molar-refractivity contribution in [1.29, 1.82) is 0 Å². The number of hydrogen-bond acceptors (Lipinski definition) is 3. The minimum atomic E-state index is -0.683. The van der Waals surface area contributed by atoms with E-state index < -0.39 is 6.10 Å². The number of aryl methyl sites for hydroxylation is 3. The summed E-state index contributed by atoms with van der Waals surface area (Å²) >= 11 is 0. The van der Waals surface area contributed by atoms with Crippen LogP contribution in [0.25, 0.3) is 0 Å². The van der Waals surface area contributed by atoms with Gasteiger partial charge < -0.3 is 15.4 Å². The van der Waals surface area contributed by atoms with E-state index in [-0.39, 0.29) is 11.8 Å². The van der Waals surface area contributed by atoms with E-state index in [0.717, 1.165) is 27.9 Å². The second kappa shape index (κ2) is 9.94. The van der Waals surface area contributed by atoms with Gasteiger partial charge in [-0.15, -0.1) is 0 Å². The predicted molar refractivity (Wildman–Crippen MR) is 123 cm³/mol. The van der Waals surface area contributed by atoms with Crippen molar-refractivity contribution in [2.75, 3.05) is 5.32 Å². The maximum atomic E-state index is 12.6. The van der Waals surface area contributed by atoms with Gasteiger partial charge in [-0.2, -0.15) is 0 Å². The Hall–Kier alpha value is -3.60. The minimum absolute atomic E-state index is 0.161. The maximum absolute atomic E-state index is 12.6. The summed E-state index contributed by atoms with van der Waals surface area (Å²) in [6, 6.07) is 20.6. The molecule has 3 aromatic rings. The molecule has 31 heavy (non-hydrogen) atoms. The minimum Gasteiger partial charge on any atom is -0.481 e. The third-order valence-corrected chi connectivity index (χ3v) is 5.02. The Morgan fingerprint density at radius 3 is 2.13 bits per heavy atom. The summed E-state index contributed by atoms with van der Waals surface area (Å²) in [6.07, 6.45) is -0.683. The molecule has 0 fully saturated rings. The number of amides is 2. The molecule has 2 amide bonds. The second-order valence-corrected chi connectivity index (χ2v) is 7.72. The van der Waals surface area contributed by atoms with Crippen LogP contribution in [-0.2, 0) is 11.3 Å². The molecule has 3 aromatic carbocycles. The van der Waals surface area contributed by atoms with E-state index in [2.05, 4.69) is 10.6 Å². The van der Waals surface area contributed by atoms with Crippen molar-refractivity contribution >= 4 is 17.5 Å². The Bertz CT molecular complexity index is 1040. The molecule has 1 atom stereocenters. The van der Waals surface area contributed by atoms with Crippen LogP contribution < -0.4 is 15.4 Å². The molecular formula is C26H28N2O3. The summed E-state index contributed by atoms with van der Waals surface area (Å²) in [5, 5.41) is 5.85. The number of rotatable bonds is 7. The van der Waals surface area contributed by atoms with E-state index in [1.54, 1.807) is 31.2 Å². The Morgan fingerprint density at radius 1 is 0.903 bits per heavy atom. The zero-order valence-electron chi connectivity index (χ0n) is 18.4. The quantitative estimate of drug-likeness (QED) is 0.573. The lowest BCUT2D eigenvalue weighted by molar-refractivity contribution is -0.122. The molecule has 0 aromatic heterocycles. The molecule has 0 heterocycles. The highest BCUT2D eigenvalue weighted by molar-refractivity contribution is 5.96. The van der Waals surface area contributed by atoms with Crippen LogP contribution in [0.2, 0.25) is 0 Å². The fourth-order valence-corrected chi connectivity index (χ4v) is 3.42. The van der Waals surface area contributed by atoms with Gasteiger partial charge in [-0.05, 0) is 68.7 Å². The number of ether oxygens (including phenoxy) is 1. The summed E-state index contributed by atoms with van der Waals surface area (Å²) in [5.41, 5.74) is 5.58. The van der Waals surface area contributed by atoms with Crippen molar-refractivity contribution in [3.8, 4) is 5.75 Å². The molecule has 3 rings (SSSR count). The van der Waals surface area contributed by atoms with E-state index in [4.69, 9.17) is 4.74 Å².